The highest BCUT2D eigenvalue weighted by molar-refractivity contribution is 7.99. The van der Waals surface area contributed by atoms with E-state index in [2.05, 4.69) is 10.6 Å². The lowest BCUT2D eigenvalue weighted by Gasteiger charge is -2.22. The predicted octanol–water partition coefficient (Wildman–Crippen LogP) is 2.93. The molecule has 22 heavy (non-hydrogen) atoms. The van der Waals surface area contributed by atoms with Gasteiger partial charge in [-0.3, -0.25) is 4.79 Å². The third kappa shape index (κ3) is 5.38. The largest absolute Gasteiger partial charge is 0.491 e. The topological polar surface area (TPSA) is 50.4 Å². The number of halogens is 1. The Morgan fingerprint density at radius 1 is 1.36 bits per heavy atom. The molecule has 1 saturated carbocycles. The van der Waals surface area contributed by atoms with Crippen molar-refractivity contribution in [2.75, 3.05) is 30.0 Å². The summed E-state index contributed by atoms with van der Waals surface area (Å²) < 4.78 is 5.82. The van der Waals surface area contributed by atoms with Gasteiger partial charge in [0.2, 0.25) is 5.91 Å². The highest BCUT2D eigenvalue weighted by Crippen LogP contribution is 2.31. The lowest BCUT2D eigenvalue weighted by Crippen LogP contribution is -2.39. The fourth-order valence-corrected chi connectivity index (χ4v) is 3.31. The van der Waals surface area contributed by atoms with Gasteiger partial charge in [0, 0.05) is 30.5 Å². The van der Waals surface area contributed by atoms with Gasteiger partial charge in [0.1, 0.15) is 5.75 Å². The van der Waals surface area contributed by atoms with Gasteiger partial charge in [-0.15, -0.1) is 12.4 Å². The van der Waals surface area contributed by atoms with E-state index in [1.54, 1.807) is 0 Å². The summed E-state index contributed by atoms with van der Waals surface area (Å²) in [6.45, 7) is 1.75. The van der Waals surface area contributed by atoms with Crippen LogP contribution >= 0.6 is 24.2 Å². The van der Waals surface area contributed by atoms with E-state index < -0.39 is 0 Å². The summed E-state index contributed by atoms with van der Waals surface area (Å²) in [5.41, 5.74) is 0.784. The van der Waals surface area contributed by atoms with Crippen LogP contribution in [-0.4, -0.2) is 36.6 Å². The molecule has 1 atom stereocenters. The van der Waals surface area contributed by atoms with Gasteiger partial charge in [0.25, 0.3) is 0 Å². The lowest BCUT2D eigenvalue weighted by atomic mass is 10.2. The van der Waals surface area contributed by atoms with Crippen molar-refractivity contribution in [1.82, 2.24) is 5.32 Å². The predicted molar refractivity (Wildman–Crippen MR) is 94.3 cm³/mol. The molecule has 0 bridgehead atoms. The molecule has 0 aromatic heterocycles. The van der Waals surface area contributed by atoms with Crippen LogP contribution in [0.2, 0.25) is 0 Å². The van der Waals surface area contributed by atoms with E-state index in [0.29, 0.717) is 12.3 Å². The Labute approximate surface area is 142 Å². The first kappa shape index (κ1) is 17.4. The van der Waals surface area contributed by atoms with Crippen LogP contribution in [0.15, 0.2) is 24.3 Å². The zero-order valence-corrected chi connectivity index (χ0v) is 14.2. The van der Waals surface area contributed by atoms with Gasteiger partial charge in [0.15, 0.2) is 0 Å². The van der Waals surface area contributed by atoms with E-state index in [0.717, 1.165) is 36.1 Å². The monoisotopic (exact) mass is 342 g/mol. The maximum Gasteiger partial charge on any atom is 0.226 e. The number of benzene rings is 1. The Balaban J connectivity index is 0.00000176. The molecular weight excluding hydrogens is 320 g/mol. The molecule has 4 nitrogen and oxygen atoms in total. The Morgan fingerprint density at radius 2 is 2.18 bits per heavy atom. The number of rotatable bonds is 6. The van der Waals surface area contributed by atoms with Crippen LogP contribution in [0.25, 0.3) is 0 Å². The van der Waals surface area contributed by atoms with Gasteiger partial charge < -0.3 is 15.4 Å². The molecule has 2 N–H and O–H groups in total. The van der Waals surface area contributed by atoms with Crippen molar-refractivity contribution in [3.05, 3.63) is 24.3 Å². The molecule has 1 unspecified atom stereocenters. The van der Waals surface area contributed by atoms with Crippen molar-refractivity contribution in [2.24, 2.45) is 5.92 Å². The van der Waals surface area contributed by atoms with Crippen LogP contribution in [0.1, 0.15) is 19.3 Å². The van der Waals surface area contributed by atoms with E-state index in [1.165, 1.54) is 12.8 Å². The molecular formula is C16H23ClN2O2S. The summed E-state index contributed by atoms with van der Waals surface area (Å²) >= 11 is 1.91. The second-order valence-electron chi connectivity index (χ2n) is 5.73. The van der Waals surface area contributed by atoms with Crippen LogP contribution in [0, 0.1) is 5.92 Å². The molecule has 2 fully saturated rings. The molecule has 1 saturated heterocycles. The number of amides is 1. The van der Waals surface area contributed by atoms with Crippen LogP contribution in [-0.2, 0) is 4.79 Å². The third-order valence-electron chi connectivity index (χ3n) is 3.76. The zero-order valence-electron chi connectivity index (χ0n) is 12.5. The number of ether oxygens (including phenoxy) is 1. The first-order valence-electron chi connectivity index (χ1n) is 7.64. The number of thioether (sulfide) groups is 1. The van der Waals surface area contributed by atoms with E-state index in [-0.39, 0.29) is 24.4 Å². The van der Waals surface area contributed by atoms with Gasteiger partial charge in [0.05, 0.1) is 12.3 Å². The lowest BCUT2D eigenvalue weighted by molar-refractivity contribution is -0.116. The smallest absolute Gasteiger partial charge is 0.226 e. The van der Waals surface area contributed by atoms with Crippen molar-refractivity contribution in [3.8, 4) is 5.75 Å². The molecule has 0 radical (unpaired) electrons. The maximum absolute atomic E-state index is 12.2. The number of carbonyl (C=O) groups is 1. The van der Waals surface area contributed by atoms with Crippen LogP contribution in [0.3, 0.4) is 0 Å². The number of nitrogens with one attached hydrogen (secondary N) is 2. The van der Waals surface area contributed by atoms with Gasteiger partial charge in [-0.25, -0.2) is 0 Å². The molecule has 6 heteroatoms. The second kappa shape index (κ2) is 8.65. The molecule has 0 spiro atoms. The number of hydrogen-bond acceptors (Lipinski definition) is 4. The Morgan fingerprint density at radius 3 is 2.91 bits per heavy atom. The van der Waals surface area contributed by atoms with E-state index in [4.69, 9.17) is 4.74 Å². The first-order chi connectivity index (χ1) is 10.3. The SMILES string of the molecule is Cl.O=C(CC1CSCCN1)Nc1ccccc1OCC1CC1. The summed E-state index contributed by atoms with van der Waals surface area (Å²) in [5, 5.41) is 6.37. The average Bonchev–Trinajstić information content (AvgIpc) is 3.31. The number of carbonyl (C=O) groups excluding carboxylic acids is 1. The average molecular weight is 343 g/mol. The van der Waals surface area contributed by atoms with E-state index in [1.807, 2.05) is 36.0 Å². The molecule has 1 aromatic carbocycles. The maximum atomic E-state index is 12.2. The molecule has 1 aliphatic carbocycles. The highest BCUT2D eigenvalue weighted by atomic mass is 35.5. The van der Waals surface area contributed by atoms with Gasteiger partial charge in [-0.1, -0.05) is 12.1 Å². The minimum absolute atomic E-state index is 0. The summed E-state index contributed by atoms with van der Waals surface area (Å²) in [6.07, 6.45) is 3.04. The van der Waals surface area contributed by atoms with Crippen molar-refractivity contribution < 1.29 is 9.53 Å². The third-order valence-corrected chi connectivity index (χ3v) is 4.89. The van der Waals surface area contributed by atoms with Crippen molar-refractivity contribution >= 4 is 35.8 Å². The standard InChI is InChI=1S/C16H22N2O2S.ClH/c19-16(9-13-11-21-8-7-17-13)18-14-3-1-2-4-15(14)20-10-12-5-6-12;/h1-4,12-13,17H,5-11H2,(H,18,19);1H. The van der Waals surface area contributed by atoms with Crippen molar-refractivity contribution in [3.63, 3.8) is 0 Å². The van der Waals surface area contributed by atoms with Gasteiger partial charge in [-0.05, 0) is 30.9 Å². The summed E-state index contributed by atoms with van der Waals surface area (Å²) in [5.74, 6) is 3.68. The summed E-state index contributed by atoms with van der Waals surface area (Å²) in [7, 11) is 0. The Kier molecular flexibility index (Phi) is 6.86. The first-order valence-corrected chi connectivity index (χ1v) is 8.79. The minimum Gasteiger partial charge on any atom is -0.491 e. The Bertz CT molecular complexity index is 491. The fourth-order valence-electron chi connectivity index (χ4n) is 2.36. The van der Waals surface area contributed by atoms with E-state index >= 15 is 0 Å². The summed E-state index contributed by atoms with van der Waals surface area (Å²) in [6, 6.07) is 7.98. The van der Waals surface area contributed by atoms with Gasteiger partial charge >= 0.3 is 0 Å². The van der Waals surface area contributed by atoms with Crippen molar-refractivity contribution in [1.29, 1.82) is 0 Å². The van der Waals surface area contributed by atoms with Crippen LogP contribution in [0.4, 0.5) is 5.69 Å². The minimum atomic E-state index is 0. The molecule has 1 amide bonds. The van der Waals surface area contributed by atoms with Crippen LogP contribution < -0.4 is 15.4 Å². The van der Waals surface area contributed by atoms with Crippen molar-refractivity contribution in [2.45, 2.75) is 25.3 Å². The van der Waals surface area contributed by atoms with Gasteiger partial charge in [-0.2, -0.15) is 11.8 Å². The molecule has 2 aliphatic rings. The number of hydrogen-bond donors (Lipinski definition) is 2. The molecule has 1 heterocycles. The second-order valence-corrected chi connectivity index (χ2v) is 6.88. The quantitative estimate of drug-likeness (QED) is 0.834. The summed E-state index contributed by atoms with van der Waals surface area (Å²) in [4.78, 5) is 12.2. The van der Waals surface area contributed by atoms with E-state index in [9.17, 15) is 4.79 Å². The normalized spacial score (nSPS) is 20.8. The molecule has 122 valence electrons. The number of anilines is 1. The molecule has 3 rings (SSSR count). The Hall–Kier alpha value is -0.910. The number of para-hydroxylation sites is 2. The highest BCUT2D eigenvalue weighted by Gasteiger charge is 2.22. The zero-order chi connectivity index (χ0) is 14.5. The molecule has 1 aliphatic heterocycles. The molecule has 1 aromatic rings. The van der Waals surface area contributed by atoms with Crippen LogP contribution in [0.5, 0.6) is 5.75 Å². The fraction of sp³-hybridized carbons (Fsp3) is 0.562.